The standard InChI is InChI=1S/C21H30N4O2S.HI/c1-22-21(23-10-5-11-27-15-17-8-12-26-13-9-17)24-14-19-16-28-20(25-19)18-6-3-2-4-7-18;/h2-4,6-7,16-17H,5,8-15H2,1H3,(H2,22,23,24);1H. The molecular formula is C21H31IN4O2S. The number of aliphatic imine (C=N–C) groups is 1. The van der Waals surface area contributed by atoms with Crippen LogP contribution in [0.25, 0.3) is 10.6 Å². The number of nitrogens with one attached hydrogen (secondary N) is 2. The molecule has 160 valence electrons. The van der Waals surface area contributed by atoms with E-state index in [2.05, 4.69) is 33.1 Å². The van der Waals surface area contributed by atoms with Gasteiger partial charge in [0.1, 0.15) is 5.01 Å². The highest BCUT2D eigenvalue weighted by Crippen LogP contribution is 2.23. The molecule has 1 aliphatic heterocycles. The van der Waals surface area contributed by atoms with Crippen LogP contribution in [0.3, 0.4) is 0 Å². The molecule has 2 heterocycles. The lowest BCUT2D eigenvalue weighted by Gasteiger charge is -2.21. The van der Waals surface area contributed by atoms with Gasteiger partial charge in [-0.05, 0) is 25.2 Å². The Morgan fingerprint density at radius 3 is 2.79 bits per heavy atom. The number of halogens is 1. The summed E-state index contributed by atoms with van der Waals surface area (Å²) in [5.74, 6) is 1.45. The van der Waals surface area contributed by atoms with Crippen molar-refractivity contribution in [2.45, 2.75) is 25.8 Å². The van der Waals surface area contributed by atoms with Crippen molar-refractivity contribution in [3.63, 3.8) is 0 Å². The summed E-state index contributed by atoms with van der Waals surface area (Å²) in [6.45, 7) is 4.87. The number of hydrogen-bond acceptors (Lipinski definition) is 5. The zero-order chi connectivity index (χ0) is 19.4. The molecule has 0 aliphatic carbocycles. The number of rotatable bonds is 9. The van der Waals surface area contributed by atoms with E-state index in [0.717, 1.165) is 74.5 Å². The first-order valence-corrected chi connectivity index (χ1v) is 10.8. The summed E-state index contributed by atoms with van der Waals surface area (Å²) in [7, 11) is 1.79. The number of ether oxygens (including phenoxy) is 2. The van der Waals surface area contributed by atoms with E-state index in [1.165, 1.54) is 0 Å². The zero-order valence-electron chi connectivity index (χ0n) is 16.9. The molecule has 1 aromatic heterocycles. The third-order valence-corrected chi connectivity index (χ3v) is 5.63. The second kappa shape index (κ2) is 13.9. The van der Waals surface area contributed by atoms with Gasteiger partial charge in [-0.2, -0.15) is 0 Å². The Morgan fingerprint density at radius 1 is 1.24 bits per heavy atom. The topological polar surface area (TPSA) is 67.8 Å². The number of hydrogen-bond donors (Lipinski definition) is 2. The highest BCUT2D eigenvalue weighted by molar-refractivity contribution is 14.0. The van der Waals surface area contributed by atoms with Gasteiger partial charge < -0.3 is 20.1 Å². The number of thiazole rings is 1. The van der Waals surface area contributed by atoms with Gasteiger partial charge in [-0.3, -0.25) is 4.99 Å². The van der Waals surface area contributed by atoms with Crippen LogP contribution in [-0.2, 0) is 16.0 Å². The lowest BCUT2D eigenvalue weighted by atomic mass is 10.0. The van der Waals surface area contributed by atoms with Gasteiger partial charge in [0, 0.05) is 51.0 Å². The quantitative estimate of drug-likeness (QED) is 0.223. The van der Waals surface area contributed by atoms with E-state index in [0.29, 0.717) is 12.5 Å². The van der Waals surface area contributed by atoms with Crippen molar-refractivity contribution in [2.24, 2.45) is 10.9 Å². The molecule has 0 saturated carbocycles. The van der Waals surface area contributed by atoms with E-state index in [1.807, 2.05) is 18.2 Å². The van der Waals surface area contributed by atoms with Crippen molar-refractivity contribution < 1.29 is 9.47 Å². The van der Waals surface area contributed by atoms with Crippen LogP contribution in [0, 0.1) is 5.92 Å². The normalized spacial score (nSPS) is 15.0. The molecule has 0 atom stereocenters. The second-order valence-electron chi connectivity index (χ2n) is 6.85. The van der Waals surface area contributed by atoms with E-state index in [-0.39, 0.29) is 24.0 Å². The molecule has 29 heavy (non-hydrogen) atoms. The van der Waals surface area contributed by atoms with E-state index in [4.69, 9.17) is 14.5 Å². The maximum atomic E-state index is 5.80. The van der Waals surface area contributed by atoms with E-state index < -0.39 is 0 Å². The number of aromatic nitrogens is 1. The fourth-order valence-corrected chi connectivity index (χ4v) is 3.87. The van der Waals surface area contributed by atoms with Crippen LogP contribution in [0.15, 0.2) is 40.7 Å². The first kappa shape index (κ1) is 24.0. The molecule has 1 fully saturated rings. The van der Waals surface area contributed by atoms with Gasteiger partial charge in [0.05, 0.1) is 12.2 Å². The molecule has 8 heteroatoms. The Hall–Kier alpha value is -1.23. The summed E-state index contributed by atoms with van der Waals surface area (Å²) < 4.78 is 11.2. The molecule has 1 saturated heterocycles. The lowest BCUT2D eigenvalue weighted by Crippen LogP contribution is -2.37. The molecule has 1 aliphatic rings. The second-order valence-corrected chi connectivity index (χ2v) is 7.70. The van der Waals surface area contributed by atoms with Crippen LogP contribution in [0.4, 0.5) is 0 Å². The Balaban J connectivity index is 0.00000300. The van der Waals surface area contributed by atoms with Crippen LogP contribution in [0.5, 0.6) is 0 Å². The molecule has 0 spiro atoms. The Labute approximate surface area is 194 Å². The van der Waals surface area contributed by atoms with Crippen molar-refractivity contribution in [3.05, 3.63) is 41.4 Å². The summed E-state index contributed by atoms with van der Waals surface area (Å²) in [5.41, 5.74) is 2.17. The minimum absolute atomic E-state index is 0. The fourth-order valence-electron chi connectivity index (χ4n) is 3.04. The van der Waals surface area contributed by atoms with E-state index in [1.54, 1.807) is 18.4 Å². The van der Waals surface area contributed by atoms with Gasteiger partial charge in [-0.1, -0.05) is 30.3 Å². The van der Waals surface area contributed by atoms with Gasteiger partial charge in [0.15, 0.2) is 5.96 Å². The molecule has 0 radical (unpaired) electrons. The SMILES string of the molecule is CN=C(NCCCOCC1CCOCC1)NCc1csc(-c2ccccc2)n1.I. The predicted molar refractivity (Wildman–Crippen MR) is 130 cm³/mol. The van der Waals surface area contributed by atoms with Gasteiger partial charge in [-0.15, -0.1) is 35.3 Å². The van der Waals surface area contributed by atoms with Gasteiger partial charge >= 0.3 is 0 Å². The van der Waals surface area contributed by atoms with E-state index in [9.17, 15) is 0 Å². The molecule has 2 aromatic rings. The molecule has 2 N–H and O–H groups in total. The van der Waals surface area contributed by atoms with Crippen LogP contribution >= 0.6 is 35.3 Å². The third-order valence-electron chi connectivity index (χ3n) is 4.69. The Kier molecular flexibility index (Phi) is 11.5. The highest BCUT2D eigenvalue weighted by atomic mass is 127. The van der Waals surface area contributed by atoms with Crippen molar-refractivity contribution >= 4 is 41.3 Å². The molecule has 0 amide bonds. The molecule has 0 bridgehead atoms. The van der Waals surface area contributed by atoms with Crippen molar-refractivity contribution in [1.29, 1.82) is 0 Å². The maximum absolute atomic E-state index is 5.80. The average molecular weight is 530 g/mol. The number of guanidine groups is 1. The van der Waals surface area contributed by atoms with Crippen molar-refractivity contribution in [3.8, 4) is 10.6 Å². The largest absolute Gasteiger partial charge is 0.381 e. The molecule has 3 rings (SSSR count). The van der Waals surface area contributed by atoms with Crippen LogP contribution in [0.1, 0.15) is 25.0 Å². The van der Waals surface area contributed by atoms with Gasteiger partial charge in [-0.25, -0.2) is 4.98 Å². The van der Waals surface area contributed by atoms with E-state index >= 15 is 0 Å². The molecule has 1 aromatic carbocycles. The van der Waals surface area contributed by atoms with Crippen molar-refractivity contribution in [1.82, 2.24) is 15.6 Å². The summed E-state index contributed by atoms with van der Waals surface area (Å²) >= 11 is 1.66. The minimum Gasteiger partial charge on any atom is -0.381 e. The van der Waals surface area contributed by atoms with Crippen LogP contribution in [-0.4, -0.2) is 51.0 Å². The average Bonchev–Trinajstić information content (AvgIpc) is 3.23. The summed E-state index contributed by atoms with van der Waals surface area (Å²) in [5, 5.41) is 9.79. The summed E-state index contributed by atoms with van der Waals surface area (Å²) in [6, 6.07) is 10.3. The summed E-state index contributed by atoms with van der Waals surface area (Å²) in [6.07, 6.45) is 3.20. The minimum atomic E-state index is 0. The molecule has 0 unspecified atom stereocenters. The highest BCUT2D eigenvalue weighted by Gasteiger charge is 2.13. The predicted octanol–water partition coefficient (Wildman–Crippen LogP) is 3.93. The lowest BCUT2D eigenvalue weighted by molar-refractivity contribution is 0.0203. The maximum Gasteiger partial charge on any atom is 0.191 e. The fraction of sp³-hybridized carbons (Fsp3) is 0.524. The number of nitrogens with zero attached hydrogens (tertiary/aromatic N) is 2. The monoisotopic (exact) mass is 530 g/mol. The summed E-state index contributed by atoms with van der Waals surface area (Å²) in [4.78, 5) is 8.97. The third kappa shape index (κ3) is 8.57. The zero-order valence-corrected chi connectivity index (χ0v) is 20.1. The Morgan fingerprint density at radius 2 is 2.03 bits per heavy atom. The number of benzene rings is 1. The first-order chi connectivity index (χ1) is 13.8. The van der Waals surface area contributed by atoms with Gasteiger partial charge in [0.2, 0.25) is 0 Å². The molecule has 6 nitrogen and oxygen atoms in total. The van der Waals surface area contributed by atoms with Crippen LogP contribution in [0.2, 0.25) is 0 Å². The smallest absolute Gasteiger partial charge is 0.191 e. The Bertz CT molecular complexity index is 720. The molecular weight excluding hydrogens is 499 g/mol. The van der Waals surface area contributed by atoms with Crippen LogP contribution < -0.4 is 10.6 Å². The first-order valence-electron chi connectivity index (χ1n) is 9.95. The van der Waals surface area contributed by atoms with Crippen molar-refractivity contribution in [2.75, 3.05) is 40.0 Å². The van der Waals surface area contributed by atoms with Gasteiger partial charge in [0.25, 0.3) is 0 Å².